The Labute approximate surface area is 226 Å². The monoisotopic (exact) mass is 520 g/mol. The zero-order chi connectivity index (χ0) is 26.5. The molecule has 0 saturated heterocycles. The average Bonchev–Trinajstić information content (AvgIpc) is 3.32. The summed E-state index contributed by atoms with van der Waals surface area (Å²) < 4.78 is 26.0. The second kappa shape index (κ2) is 9.47. The minimum Gasteiger partial charge on any atom is -0.508 e. The lowest BCUT2D eigenvalue weighted by atomic mass is 9.80. The third-order valence-corrected chi connectivity index (χ3v) is 8.17. The molecular weight excluding hydrogens is 491 g/mol. The number of benzene rings is 4. The summed E-state index contributed by atoms with van der Waals surface area (Å²) in [5.41, 5.74) is 7.89. The molecule has 0 bridgehead atoms. The van der Waals surface area contributed by atoms with E-state index in [1.807, 2.05) is 42.5 Å². The predicted molar refractivity (Wildman–Crippen MR) is 149 cm³/mol. The highest BCUT2D eigenvalue weighted by Gasteiger charge is 2.41. The molecular formula is C33H29FN2O3. The number of hydrogen-bond donors (Lipinski definition) is 2. The third-order valence-electron chi connectivity index (χ3n) is 8.17. The van der Waals surface area contributed by atoms with Gasteiger partial charge in [-0.3, -0.25) is 4.90 Å². The lowest BCUT2D eigenvalue weighted by Crippen LogP contribution is -2.43. The molecule has 2 aliphatic heterocycles. The second-order valence-electron chi connectivity index (χ2n) is 10.4. The Morgan fingerprint density at radius 2 is 1.79 bits per heavy atom. The van der Waals surface area contributed by atoms with E-state index in [1.165, 1.54) is 28.8 Å². The number of H-pyrrole nitrogens is 1. The van der Waals surface area contributed by atoms with Gasteiger partial charge in [0.15, 0.2) is 11.5 Å². The van der Waals surface area contributed by atoms with Crippen LogP contribution in [0.4, 0.5) is 4.39 Å². The van der Waals surface area contributed by atoms with E-state index >= 15 is 0 Å². The van der Waals surface area contributed by atoms with Crippen LogP contribution in [0.5, 0.6) is 17.2 Å². The predicted octanol–water partition coefficient (Wildman–Crippen LogP) is 6.85. The Balaban J connectivity index is 1.35. The minimum absolute atomic E-state index is 0.0715. The number of phenolic OH excluding ortho intramolecular Hbond substituents is 1. The van der Waals surface area contributed by atoms with Gasteiger partial charge in [-0.15, -0.1) is 0 Å². The van der Waals surface area contributed by atoms with Crippen LogP contribution in [0.15, 0.2) is 84.9 Å². The summed E-state index contributed by atoms with van der Waals surface area (Å²) >= 11 is 0. The van der Waals surface area contributed by atoms with E-state index in [-0.39, 0.29) is 23.7 Å². The molecule has 0 aliphatic carbocycles. The fourth-order valence-corrected chi connectivity index (χ4v) is 6.34. The third kappa shape index (κ3) is 4.12. The van der Waals surface area contributed by atoms with Crippen molar-refractivity contribution >= 4 is 10.9 Å². The highest BCUT2D eigenvalue weighted by Crippen LogP contribution is 2.50. The van der Waals surface area contributed by atoms with E-state index in [2.05, 4.69) is 34.1 Å². The van der Waals surface area contributed by atoms with Crippen molar-refractivity contribution in [3.63, 3.8) is 0 Å². The van der Waals surface area contributed by atoms with Crippen molar-refractivity contribution in [1.82, 2.24) is 9.88 Å². The van der Waals surface area contributed by atoms with E-state index in [0.717, 1.165) is 58.6 Å². The van der Waals surface area contributed by atoms with Gasteiger partial charge in [0.1, 0.15) is 18.2 Å². The largest absolute Gasteiger partial charge is 0.508 e. The molecule has 0 spiro atoms. The molecule has 5 nitrogen and oxygen atoms in total. The zero-order valence-corrected chi connectivity index (χ0v) is 21.7. The van der Waals surface area contributed by atoms with Crippen molar-refractivity contribution < 1.29 is 19.0 Å². The Morgan fingerprint density at radius 3 is 2.59 bits per heavy atom. The molecule has 2 aliphatic rings. The Bertz CT molecular complexity index is 1660. The normalized spacial score (nSPS) is 18.3. The number of hydrogen-bond acceptors (Lipinski definition) is 4. The summed E-state index contributed by atoms with van der Waals surface area (Å²) in [6, 6.07) is 26.7. The SMILES string of the molecule is COc1cc2c(cc1OCc1ccccc1)C1Cc3c([nH]c4ccc(O)cc34)C(c3ccc(F)cc3)N1CC2. The number of ether oxygens (including phenoxy) is 2. The van der Waals surface area contributed by atoms with Crippen molar-refractivity contribution in [3.8, 4) is 17.2 Å². The molecule has 0 amide bonds. The first-order valence-electron chi connectivity index (χ1n) is 13.3. The van der Waals surface area contributed by atoms with E-state index in [9.17, 15) is 9.50 Å². The van der Waals surface area contributed by atoms with Crippen LogP contribution in [0.1, 0.15) is 45.6 Å². The van der Waals surface area contributed by atoms with Crippen molar-refractivity contribution in [3.05, 3.63) is 124 Å². The summed E-state index contributed by atoms with van der Waals surface area (Å²) in [5.74, 6) is 1.46. The van der Waals surface area contributed by atoms with Gasteiger partial charge < -0.3 is 19.6 Å². The number of phenols is 1. The van der Waals surface area contributed by atoms with Gasteiger partial charge in [0, 0.05) is 29.2 Å². The molecule has 0 fully saturated rings. The van der Waals surface area contributed by atoms with Gasteiger partial charge in [-0.1, -0.05) is 42.5 Å². The molecule has 1 aromatic heterocycles. The summed E-state index contributed by atoms with van der Waals surface area (Å²) in [4.78, 5) is 6.15. The summed E-state index contributed by atoms with van der Waals surface area (Å²) in [6.45, 7) is 1.31. The van der Waals surface area contributed by atoms with Crippen LogP contribution >= 0.6 is 0 Å². The number of aromatic nitrogens is 1. The van der Waals surface area contributed by atoms with Crippen LogP contribution in [0, 0.1) is 5.82 Å². The van der Waals surface area contributed by atoms with Gasteiger partial charge in [0.25, 0.3) is 0 Å². The Morgan fingerprint density at radius 1 is 0.974 bits per heavy atom. The quantitative estimate of drug-likeness (QED) is 0.266. The summed E-state index contributed by atoms with van der Waals surface area (Å²) in [7, 11) is 1.68. The average molecular weight is 521 g/mol. The van der Waals surface area contributed by atoms with E-state index in [1.54, 1.807) is 13.2 Å². The van der Waals surface area contributed by atoms with Crippen LogP contribution in [-0.2, 0) is 19.4 Å². The van der Waals surface area contributed by atoms with E-state index in [0.29, 0.717) is 6.61 Å². The number of methoxy groups -OCH3 is 1. The first-order valence-corrected chi connectivity index (χ1v) is 13.3. The van der Waals surface area contributed by atoms with Crippen LogP contribution in [0.25, 0.3) is 10.9 Å². The van der Waals surface area contributed by atoms with Gasteiger partial charge in [0.2, 0.25) is 0 Å². The van der Waals surface area contributed by atoms with Gasteiger partial charge in [-0.05, 0) is 83.1 Å². The Kier molecular flexibility index (Phi) is 5.78. The van der Waals surface area contributed by atoms with Gasteiger partial charge >= 0.3 is 0 Å². The topological polar surface area (TPSA) is 57.7 Å². The maximum absolute atomic E-state index is 13.9. The van der Waals surface area contributed by atoms with Crippen molar-refractivity contribution in [2.45, 2.75) is 31.5 Å². The molecule has 0 saturated carbocycles. The van der Waals surface area contributed by atoms with Crippen LogP contribution in [-0.4, -0.2) is 28.6 Å². The molecule has 0 radical (unpaired) electrons. The fraction of sp³-hybridized carbons (Fsp3) is 0.212. The number of aromatic hydroxyl groups is 1. The first kappa shape index (κ1) is 23.8. The highest BCUT2D eigenvalue weighted by molar-refractivity contribution is 5.87. The fourth-order valence-electron chi connectivity index (χ4n) is 6.34. The zero-order valence-electron chi connectivity index (χ0n) is 21.7. The standard InChI is InChI=1S/C33H29FN2O3/c1-38-30-15-22-13-14-36-29(25(22)18-31(30)39-19-20-5-3-2-4-6-20)17-27-26-16-24(37)11-12-28(26)35-32(27)33(36)21-7-9-23(34)10-8-21/h2-12,15-16,18,29,33,35,37H,13-14,17,19H2,1H3. The maximum Gasteiger partial charge on any atom is 0.162 e. The van der Waals surface area contributed by atoms with Crippen molar-refractivity contribution in [1.29, 1.82) is 0 Å². The lowest BCUT2D eigenvalue weighted by Gasteiger charge is -2.46. The highest BCUT2D eigenvalue weighted by atomic mass is 19.1. The number of rotatable bonds is 5. The molecule has 2 unspecified atom stereocenters. The molecule has 39 heavy (non-hydrogen) atoms. The number of nitrogens with zero attached hydrogens (tertiary/aromatic N) is 1. The molecule has 2 atom stereocenters. The van der Waals surface area contributed by atoms with Gasteiger partial charge in [0.05, 0.1) is 13.2 Å². The molecule has 3 heterocycles. The van der Waals surface area contributed by atoms with Crippen LogP contribution in [0.3, 0.4) is 0 Å². The van der Waals surface area contributed by atoms with Crippen LogP contribution in [0.2, 0.25) is 0 Å². The molecule has 7 rings (SSSR count). The number of aromatic amines is 1. The number of halogens is 1. The van der Waals surface area contributed by atoms with Crippen molar-refractivity contribution in [2.75, 3.05) is 13.7 Å². The van der Waals surface area contributed by atoms with E-state index < -0.39 is 0 Å². The van der Waals surface area contributed by atoms with Crippen LogP contribution < -0.4 is 9.47 Å². The molecule has 196 valence electrons. The minimum atomic E-state index is -0.246. The molecule has 6 heteroatoms. The number of fused-ring (bicyclic) bond motifs is 6. The molecule has 2 N–H and O–H groups in total. The van der Waals surface area contributed by atoms with Crippen molar-refractivity contribution in [2.24, 2.45) is 0 Å². The first-order chi connectivity index (χ1) is 19.1. The van der Waals surface area contributed by atoms with Gasteiger partial charge in [-0.25, -0.2) is 4.39 Å². The Hall–Kier alpha value is -4.29. The molecule has 4 aromatic carbocycles. The van der Waals surface area contributed by atoms with Gasteiger partial charge in [-0.2, -0.15) is 0 Å². The second-order valence-corrected chi connectivity index (χ2v) is 10.4. The molecule has 5 aromatic rings. The summed E-state index contributed by atoms with van der Waals surface area (Å²) in [6.07, 6.45) is 1.66. The number of nitrogens with one attached hydrogen (secondary N) is 1. The lowest BCUT2D eigenvalue weighted by molar-refractivity contribution is 0.127. The smallest absolute Gasteiger partial charge is 0.162 e. The van der Waals surface area contributed by atoms with E-state index in [4.69, 9.17) is 9.47 Å². The maximum atomic E-state index is 13.9. The summed E-state index contributed by atoms with van der Waals surface area (Å²) in [5, 5.41) is 11.3.